The second-order valence-electron chi connectivity index (χ2n) is 4.49. The second kappa shape index (κ2) is 6.66. The molecule has 1 heterocycles. The SMILES string of the molecule is COc1ccc(C#N)c(/C(=N\N)S(=O)(=O)c2nsc(C)c2C#N)c1. The van der Waals surface area contributed by atoms with Crippen LogP contribution in [0.5, 0.6) is 5.75 Å². The number of benzene rings is 1. The molecule has 0 saturated carbocycles. The van der Waals surface area contributed by atoms with Crippen LogP contribution in [0, 0.1) is 29.6 Å². The van der Waals surface area contributed by atoms with Crippen molar-refractivity contribution < 1.29 is 13.2 Å². The van der Waals surface area contributed by atoms with E-state index in [1.807, 2.05) is 12.1 Å². The van der Waals surface area contributed by atoms with E-state index in [0.29, 0.717) is 10.6 Å². The largest absolute Gasteiger partial charge is 0.497 e. The van der Waals surface area contributed by atoms with Crippen molar-refractivity contribution in [2.45, 2.75) is 11.9 Å². The highest BCUT2D eigenvalue weighted by Crippen LogP contribution is 2.27. The third-order valence-corrected chi connectivity index (χ3v) is 5.65. The van der Waals surface area contributed by atoms with Gasteiger partial charge in [0.15, 0.2) is 10.1 Å². The molecule has 0 atom stereocenters. The molecule has 0 aliphatic carbocycles. The first-order chi connectivity index (χ1) is 11.4. The Hall–Kier alpha value is -2.95. The van der Waals surface area contributed by atoms with Gasteiger partial charge in [0, 0.05) is 10.4 Å². The lowest BCUT2D eigenvalue weighted by molar-refractivity contribution is 0.414. The zero-order valence-electron chi connectivity index (χ0n) is 12.6. The predicted molar refractivity (Wildman–Crippen MR) is 87.2 cm³/mol. The van der Waals surface area contributed by atoms with Gasteiger partial charge in [-0.15, -0.1) is 0 Å². The number of nitrogens with zero attached hydrogens (tertiary/aromatic N) is 4. The van der Waals surface area contributed by atoms with E-state index in [1.165, 1.54) is 25.3 Å². The molecule has 0 unspecified atom stereocenters. The molecule has 8 nitrogen and oxygen atoms in total. The van der Waals surface area contributed by atoms with Crippen molar-refractivity contribution in [2.24, 2.45) is 10.9 Å². The molecule has 10 heteroatoms. The Bertz CT molecular complexity index is 1010. The Morgan fingerprint density at radius 3 is 2.62 bits per heavy atom. The third kappa shape index (κ3) is 2.80. The first-order valence-electron chi connectivity index (χ1n) is 6.38. The number of nitriles is 2. The molecule has 0 saturated heterocycles. The molecule has 0 spiro atoms. The molecule has 0 aliphatic rings. The summed E-state index contributed by atoms with van der Waals surface area (Å²) in [4.78, 5) is 0.457. The van der Waals surface area contributed by atoms with Gasteiger partial charge >= 0.3 is 0 Å². The quantitative estimate of drug-likeness (QED) is 0.375. The van der Waals surface area contributed by atoms with Crippen LogP contribution in [0.2, 0.25) is 0 Å². The van der Waals surface area contributed by atoms with Crippen LogP contribution in [-0.4, -0.2) is 24.9 Å². The Morgan fingerprint density at radius 2 is 2.08 bits per heavy atom. The van der Waals surface area contributed by atoms with E-state index in [2.05, 4.69) is 9.47 Å². The van der Waals surface area contributed by atoms with E-state index in [4.69, 9.17) is 15.8 Å². The summed E-state index contributed by atoms with van der Waals surface area (Å²) in [7, 11) is -2.89. The van der Waals surface area contributed by atoms with E-state index < -0.39 is 19.9 Å². The Kier molecular flexibility index (Phi) is 4.83. The predicted octanol–water partition coefficient (Wildman–Crippen LogP) is 1.30. The summed E-state index contributed by atoms with van der Waals surface area (Å²) in [5.74, 6) is 5.62. The summed E-state index contributed by atoms with van der Waals surface area (Å²) in [6.07, 6.45) is 0. The normalized spacial score (nSPS) is 11.6. The summed E-state index contributed by atoms with van der Waals surface area (Å²) < 4.78 is 34.6. The number of hydrogen-bond donors (Lipinski definition) is 1. The van der Waals surface area contributed by atoms with Gasteiger partial charge in [-0.25, -0.2) is 8.42 Å². The van der Waals surface area contributed by atoms with Gasteiger partial charge in [0.2, 0.25) is 9.84 Å². The zero-order valence-corrected chi connectivity index (χ0v) is 14.3. The van der Waals surface area contributed by atoms with Crippen molar-refractivity contribution in [3.8, 4) is 17.9 Å². The molecular formula is C14H11N5O3S2. The molecule has 0 radical (unpaired) electrons. The van der Waals surface area contributed by atoms with Gasteiger partial charge in [0.1, 0.15) is 17.4 Å². The van der Waals surface area contributed by atoms with Crippen LogP contribution in [0.15, 0.2) is 28.3 Å². The lowest BCUT2D eigenvalue weighted by atomic mass is 10.1. The number of rotatable bonds is 3. The van der Waals surface area contributed by atoms with Crippen molar-refractivity contribution in [3.63, 3.8) is 0 Å². The number of aryl methyl sites for hydroxylation is 1. The molecule has 24 heavy (non-hydrogen) atoms. The number of ether oxygens (including phenoxy) is 1. The summed E-state index contributed by atoms with van der Waals surface area (Å²) in [5, 5.41) is 20.8. The standard InChI is InChI=1S/C14H11N5O3S2/c1-8-12(7-16)14(19-23-8)24(20,21)13(18-17)11-5-10(22-2)4-3-9(11)6-15/h3-5H,17H2,1-2H3/b18-13+. The first-order valence-corrected chi connectivity index (χ1v) is 8.64. The summed E-state index contributed by atoms with van der Waals surface area (Å²) in [5.41, 5.74) is -0.0366. The summed E-state index contributed by atoms with van der Waals surface area (Å²) in [6.45, 7) is 1.58. The number of hydrazone groups is 1. The minimum absolute atomic E-state index is 0.0195. The third-order valence-electron chi connectivity index (χ3n) is 3.15. The average molecular weight is 361 g/mol. The van der Waals surface area contributed by atoms with E-state index >= 15 is 0 Å². The molecular weight excluding hydrogens is 350 g/mol. The second-order valence-corrected chi connectivity index (χ2v) is 7.25. The van der Waals surface area contributed by atoms with Gasteiger partial charge < -0.3 is 10.6 Å². The van der Waals surface area contributed by atoms with E-state index in [0.717, 1.165) is 11.5 Å². The molecule has 0 amide bonds. The first kappa shape index (κ1) is 17.4. The fraction of sp³-hybridized carbons (Fsp3) is 0.143. The number of nitrogens with two attached hydrogens (primary N) is 1. The van der Waals surface area contributed by atoms with E-state index in [1.54, 1.807) is 6.92 Å². The lowest BCUT2D eigenvalue weighted by Gasteiger charge is -2.09. The highest BCUT2D eigenvalue weighted by Gasteiger charge is 2.32. The molecule has 0 bridgehead atoms. The number of methoxy groups -OCH3 is 1. The van der Waals surface area contributed by atoms with Gasteiger partial charge in [-0.2, -0.15) is 20.0 Å². The molecule has 1 aromatic heterocycles. The Morgan fingerprint density at radius 1 is 1.38 bits per heavy atom. The molecule has 2 aromatic rings. The van der Waals surface area contributed by atoms with Crippen molar-refractivity contribution in [3.05, 3.63) is 39.8 Å². The average Bonchev–Trinajstić information content (AvgIpc) is 2.96. The van der Waals surface area contributed by atoms with E-state index in [9.17, 15) is 13.7 Å². The molecule has 2 N–H and O–H groups in total. The fourth-order valence-corrected chi connectivity index (χ4v) is 4.32. The smallest absolute Gasteiger partial charge is 0.245 e. The molecule has 122 valence electrons. The molecule has 0 fully saturated rings. The van der Waals surface area contributed by atoms with Crippen LogP contribution in [0.3, 0.4) is 0 Å². The van der Waals surface area contributed by atoms with Crippen LogP contribution in [0.25, 0.3) is 0 Å². The zero-order chi connectivity index (χ0) is 17.9. The van der Waals surface area contributed by atoms with Crippen molar-refractivity contribution in [2.75, 3.05) is 7.11 Å². The van der Waals surface area contributed by atoms with Gasteiger partial charge in [0.05, 0.1) is 18.7 Å². The van der Waals surface area contributed by atoms with Crippen LogP contribution >= 0.6 is 11.5 Å². The minimum Gasteiger partial charge on any atom is -0.497 e. The maximum Gasteiger partial charge on any atom is 0.245 e. The molecule has 2 rings (SSSR count). The van der Waals surface area contributed by atoms with Gasteiger partial charge in [0.25, 0.3) is 0 Å². The maximum atomic E-state index is 12.9. The number of aromatic nitrogens is 1. The summed E-state index contributed by atoms with van der Waals surface area (Å²) in [6, 6.07) is 7.94. The van der Waals surface area contributed by atoms with Crippen molar-refractivity contribution in [1.29, 1.82) is 10.5 Å². The monoisotopic (exact) mass is 361 g/mol. The Labute approximate surface area is 142 Å². The van der Waals surface area contributed by atoms with Crippen LogP contribution in [-0.2, 0) is 9.84 Å². The maximum absolute atomic E-state index is 12.9. The van der Waals surface area contributed by atoms with Crippen molar-refractivity contribution in [1.82, 2.24) is 4.37 Å². The van der Waals surface area contributed by atoms with Gasteiger partial charge in [-0.3, -0.25) is 0 Å². The molecule has 1 aromatic carbocycles. The van der Waals surface area contributed by atoms with Crippen LogP contribution < -0.4 is 10.6 Å². The Balaban J connectivity index is 2.74. The number of sulfone groups is 1. The lowest BCUT2D eigenvalue weighted by Crippen LogP contribution is -2.21. The topological polar surface area (TPSA) is 142 Å². The minimum atomic E-state index is -4.29. The van der Waals surface area contributed by atoms with Gasteiger partial charge in [-0.05, 0) is 36.7 Å². The van der Waals surface area contributed by atoms with Crippen LogP contribution in [0.4, 0.5) is 0 Å². The number of hydrogen-bond acceptors (Lipinski definition) is 9. The van der Waals surface area contributed by atoms with E-state index in [-0.39, 0.29) is 16.7 Å². The van der Waals surface area contributed by atoms with Gasteiger partial charge in [-0.1, -0.05) is 0 Å². The summed E-state index contributed by atoms with van der Waals surface area (Å²) >= 11 is 0.886. The fourth-order valence-electron chi connectivity index (χ4n) is 1.96. The van der Waals surface area contributed by atoms with Crippen molar-refractivity contribution >= 4 is 26.4 Å². The highest BCUT2D eigenvalue weighted by molar-refractivity contribution is 8.07. The van der Waals surface area contributed by atoms with Crippen LogP contribution in [0.1, 0.15) is 21.6 Å². The highest BCUT2D eigenvalue weighted by atomic mass is 32.2. The molecule has 0 aliphatic heterocycles.